The van der Waals surface area contributed by atoms with Gasteiger partial charge in [0.2, 0.25) is 0 Å². The van der Waals surface area contributed by atoms with Gasteiger partial charge in [0.05, 0.1) is 0 Å². The molecule has 1 N–H and O–H groups in total. The van der Waals surface area contributed by atoms with Gasteiger partial charge in [0.1, 0.15) is 0 Å². The van der Waals surface area contributed by atoms with E-state index >= 15 is 0 Å². The minimum absolute atomic E-state index is 0.323. The summed E-state index contributed by atoms with van der Waals surface area (Å²) < 4.78 is 0. The van der Waals surface area contributed by atoms with Crippen molar-refractivity contribution in [1.82, 2.24) is 4.90 Å². The molecule has 0 radical (unpaired) electrons. The predicted octanol–water partition coefficient (Wildman–Crippen LogP) is 3.30. The molecule has 1 aliphatic rings. The molecule has 1 rings (SSSR count). The second-order valence-electron chi connectivity index (χ2n) is 6.02. The summed E-state index contributed by atoms with van der Waals surface area (Å²) in [5.74, 6) is 1.63. The summed E-state index contributed by atoms with van der Waals surface area (Å²) in [5, 5.41) is 8.96. The molecule has 0 aliphatic heterocycles. The number of nitrogens with zero attached hydrogens (tertiary/aromatic N) is 1. The van der Waals surface area contributed by atoms with Gasteiger partial charge < -0.3 is 10.0 Å². The lowest BCUT2D eigenvalue weighted by molar-refractivity contribution is 0.107. The van der Waals surface area contributed by atoms with Crippen LogP contribution in [0.3, 0.4) is 0 Å². The van der Waals surface area contributed by atoms with Gasteiger partial charge in [-0.3, -0.25) is 0 Å². The summed E-state index contributed by atoms with van der Waals surface area (Å²) in [6, 6.07) is 0.738. The summed E-state index contributed by atoms with van der Waals surface area (Å²) in [7, 11) is 2.25. The van der Waals surface area contributed by atoms with Crippen LogP contribution in [0.25, 0.3) is 0 Å². The molecule has 0 amide bonds. The van der Waals surface area contributed by atoms with E-state index in [2.05, 4.69) is 25.8 Å². The monoisotopic (exact) mass is 241 g/mol. The van der Waals surface area contributed by atoms with Crippen molar-refractivity contribution in [2.45, 2.75) is 64.8 Å². The number of hydrogen-bond donors (Lipinski definition) is 1. The van der Waals surface area contributed by atoms with Crippen LogP contribution >= 0.6 is 0 Å². The van der Waals surface area contributed by atoms with Crippen LogP contribution in [-0.4, -0.2) is 36.2 Å². The van der Waals surface area contributed by atoms with Crippen molar-refractivity contribution in [3.8, 4) is 0 Å². The molecule has 1 saturated carbocycles. The van der Waals surface area contributed by atoms with Crippen molar-refractivity contribution >= 4 is 0 Å². The smallest absolute Gasteiger partial charge is 0.0443 e. The third-order valence-electron chi connectivity index (χ3n) is 4.37. The Kier molecular flexibility index (Phi) is 7.14. The molecule has 102 valence electrons. The maximum Gasteiger partial charge on any atom is 0.0443 e. The zero-order valence-electron chi connectivity index (χ0n) is 12.0. The molecule has 0 aromatic heterocycles. The first kappa shape index (κ1) is 15.0. The van der Waals surface area contributed by atoms with Crippen LogP contribution in [-0.2, 0) is 0 Å². The lowest BCUT2D eigenvalue weighted by Crippen LogP contribution is -2.41. The third-order valence-corrected chi connectivity index (χ3v) is 4.37. The molecular weight excluding hydrogens is 210 g/mol. The molecule has 0 heterocycles. The van der Waals surface area contributed by atoms with Crippen molar-refractivity contribution < 1.29 is 5.11 Å². The average Bonchev–Trinajstić information content (AvgIpc) is 2.25. The van der Waals surface area contributed by atoms with Crippen LogP contribution in [0.15, 0.2) is 0 Å². The second kappa shape index (κ2) is 8.10. The van der Waals surface area contributed by atoms with Crippen LogP contribution in [0, 0.1) is 11.8 Å². The Bertz CT molecular complexity index is 193. The lowest BCUT2D eigenvalue weighted by atomic mass is 9.79. The van der Waals surface area contributed by atoms with Crippen molar-refractivity contribution in [3.05, 3.63) is 0 Å². The molecule has 0 bridgehead atoms. The van der Waals surface area contributed by atoms with Gasteiger partial charge in [-0.15, -0.1) is 0 Å². The maximum absolute atomic E-state index is 8.96. The summed E-state index contributed by atoms with van der Waals surface area (Å²) in [6.07, 6.45) is 9.30. The zero-order valence-corrected chi connectivity index (χ0v) is 12.0. The van der Waals surface area contributed by atoms with Crippen LogP contribution in [0.2, 0.25) is 0 Å². The third kappa shape index (κ3) is 4.97. The Labute approximate surface area is 107 Å². The molecule has 0 aromatic rings. The number of rotatable bonds is 5. The topological polar surface area (TPSA) is 23.5 Å². The Morgan fingerprint density at radius 1 is 1.12 bits per heavy atom. The van der Waals surface area contributed by atoms with Gasteiger partial charge in [-0.1, -0.05) is 39.5 Å². The maximum atomic E-state index is 8.96. The Hall–Kier alpha value is -0.0800. The molecule has 0 aromatic carbocycles. The minimum Gasteiger partial charge on any atom is -0.396 e. The van der Waals surface area contributed by atoms with Gasteiger partial charge in [-0.2, -0.15) is 0 Å². The first-order chi connectivity index (χ1) is 8.16. The molecule has 2 nitrogen and oxygen atoms in total. The van der Waals surface area contributed by atoms with Crippen molar-refractivity contribution in [2.24, 2.45) is 11.8 Å². The fraction of sp³-hybridized carbons (Fsp3) is 1.00. The zero-order chi connectivity index (χ0) is 12.7. The fourth-order valence-electron chi connectivity index (χ4n) is 3.30. The normalized spacial score (nSPS) is 27.2. The molecule has 2 unspecified atom stereocenters. The molecule has 2 atom stereocenters. The van der Waals surface area contributed by atoms with E-state index in [0.717, 1.165) is 30.8 Å². The second-order valence-corrected chi connectivity index (χ2v) is 6.02. The molecule has 1 fully saturated rings. The van der Waals surface area contributed by atoms with Gasteiger partial charge in [-0.25, -0.2) is 0 Å². The van der Waals surface area contributed by atoms with Crippen LogP contribution in [0.4, 0.5) is 0 Å². The standard InChI is InChI=1S/C15H31NO/c1-13(2)14-9-6-4-5-7-10-15(14)16(3)11-8-12-17/h13-15,17H,4-12H2,1-3H3. The van der Waals surface area contributed by atoms with Gasteiger partial charge in [0, 0.05) is 19.2 Å². The van der Waals surface area contributed by atoms with E-state index in [1.807, 2.05) is 0 Å². The number of aliphatic hydroxyl groups is 1. The van der Waals surface area contributed by atoms with Crippen LogP contribution in [0.5, 0.6) is 0 Å². The van der Waals surface area contributed by atoms with Crippen molar-refractivity contribution in [2.75, 3.05) is 20.2 Å². The molecule has 17 heavy (non-hydrogen) atoms. The van der Waals surface area contributed by atoms with E-state index in [4.69, 9.17) is 5.11 Å². The van der Waals surface area contributed by atoms with Crippen molar-refractivity contribution in [3.63, 3.8) is 0 Å². The van der Waals surface area contributed by atoms with Gasteiger partial charge >= 0.3 is 0 Å². The van der Waals surface area contributed by atoms with E-state index in [9.17, 15) is 0 Å². The summed E-state index contributed by atoms with van der Waals surface area (Å²) in [4.78, 5) is 2.51. The highest BCUT2D eigenvalue weighted by Gasteiger charge is 2.27. The average molecular weight is 241 g/mol. The lowest BCUT2D eigenvalue weighted by Gasteiger charge is -2.38. The highest BCUT2D eigenvalue weighted by Crippen LogP contribution is 2.31. The molecule has 1 aliphatic carbocycles. The Morgan fingerprint density at radius 3 is 2.35 bits per heavy atom. The largest absolute Gasteiger partial charge is 0.396 e. The van der Waals surface area contributed by atoms with E-state index < -0.39 is 0 Å². The molecule has 0 spiro atoms. The highest BCUT2D eigenvalue weighted by molar-refractivity contribution is 4.81. The number of aliphatic hydroxyl groups excluding tert-OH is 1. The van der Waals surface area contributed by atoms with Crippen LogP contribution < -0.4 is 0 Å². The van der Waals surface area contributed by atoms with Crippen molar-refractivity contribution in [1.29, 1.82) is 0 Å². The highest BCUT2D eigenvalue weighted by atomic mass is 16.3. The minimum atomic E-state index is 0.323. The Morgan fingerprint density at radius 2 is 1.76 bits per heavy atom. The Balaban J connectivity index is 2.58. The quantitative estimate of drug-likeness (QED) is 0.798. The number of hydrogen-bond acceptors (Lipinski definition) is 2. The first-order valence-electron chi connectivity index (χ1n) is 7.48. The molecule has 2 heteroatoms. The van der Waals surface area contributed by atoms with E-state index in [0.29, 0.717) is 6.61 Å². The molecule has 0 saturated heterocycles. The van der Waals surface area contributed by atoms with E-state index in [-0.39, 0.29) is 0 Å². The predicted molar refractivity (Wildman–Crippen MR) is 74.2 cm³/mol. The van der Waals surface area contributed by atoms with Gasteiger partial charge in [-0.05, 0) is 38.1 Å². The van der Waals surface area contributed by atoms with Crippen LogP contribution in [0.1, 0.15) is 58.8 Å². The summed E-state index contributed by atoms with van der Waals surface area (Å²) in [6.45, 7) is 6.12. The first-order valence-corrected chi connectivity index (χ1v) is 7.48. The van der Waals surface area contributed by atoms with E-state index in [1.165, 1.54) is 38.5 Å². The molecular formula is C15H31NO. The van der Waals surface area contributed by atoms with Gasteiger partial charge in [0.25, 0.3) is 0 Å². The SMILES string of the molecule is CC(C)C1CCCCCCC1N(C)CCCO. The summed E-state index contributed by atoms with van der Waals surface area (Å²) >= 11 is 0. The fourth-order valence-corrected chi connectivity index (χ4v) is 3.30. The summed E-state index contributed by atoms with van der Waals surface area (Å²) in [5.41, 5.74) is 0. The van der Waals surface area contributed by atoms with E-state index in [1.54, 1.807) is 0 Å². The van der Waals surface area contributed by atoms with Gasteiger partial charge in [0.15, 0.2) is 0 Å².